The number of esters is 1. The molecular formula is C24H27FN4O3S. The maximum atomic E-state index is 13.5. The molecule has 0 fully saturated rings. The lowest BCUT2D eigenvalue weighted by molar-refractivity contribution is -0.143. The van der Waals surface area contributed by atoms with Crippen molar-refractivity contribution in [1.29, 1.82) is 0 Å². The number of ether oxygens (including phenoxy) is 2. The van der Waals surface area contributed by atoms with Gasteiger partial charge in [0.2, 0.25) is 0 Å². The van der Waals surface area contributed by atoms with E-state index in [0.29, 0.717) is 23.7 Å². The molecule has 0 aliphatic carbocycles. The first-order valence-electron chi connectivity index (χ1n) is 10.4. The fraction of sp³-hybridized carbons (Fsp3) is 0.292. The predicted octanol–water partition coefficient (Wildman–Crippen LogP) is 5.49. The van der Waals surface area contributed by atoms with Crippen LogP contribution in [-0.2, 0) is 9.53 Å². The second-order valence-electron chi connectivity index (χ2n) is 7.74. The molecule has 0 aliphatic heterocycles. The Morgan fingerprint density at radius 3 is 2.45 bits per heavy atom. The number of carbonyl (C=O) groups is 1. The van der Waals surface area contributed by atoms with Crippen molar-refractivity contribution >= 4 is 35.1 Å². The number of hydrogen-bond donors (Lipinski definition) is 2. The average molecular weight is 471 g/mol. The van der Waals surface area contributed by atoms with Crippen molar-refractivity contribution in [2.75, 3.05) is 24.9 Å². The third-order valence-electron chi connectivity index (χ3n) is 4.66. The number of nitrogens with one attached hydrogen (secondary N) is 2. The van der Waals surface area contributed by atoms with E-state index < -0.39 is 10.8 Å². The van der Waals surface area contributed by atoms with Crippen molar-refractivity contribution in [3.63, 3.8) is 0 Å². The zero-order valence-corrected chi connectivity index (χ0v) is 19.8. The summed E-state index contributed by atoms with van der Waals surface area (Å²) in [6, 6.07) is 15.2. The molecule has 0 spiro atoms. The number of thioether (sulfide) groups is 1. The molecule has 0 amide bonds. The van der Waals surface area contributed by atoms with Gasteiger partial charge in [-0.05, 0) is 54.8 Å². The monoisotopic (exact) mass is 470 g/mol. The summed E-state index contributed by atoms with van der Waals surface area (Å²) in [5.41, 5.74) is 0.550. The van der Waals surface area contributed by atoms with Crippen molar-refractivity contribution in [2.24, 2.45) is 5.92 Å². The minimum absolute atomic E-state index is 0.175. The fourth-order valence-electron chi connectivity index (χ4n) is 3.29. The fourth-order valence-corrected chi connectivity index (χ4v) is 4.71. The highest BCUT2D eigenvalue weighted by molar-refractivity contribution is 8.01. The number of methoxy groups -OCH3 is 2. The number of rotatable bonds is 10. The van der Waals surface area contributed by atoms with Gasteiger partial charge in [-0.1, -0.05) is 31.7 Å². The molecule has 1 unspecified atom stereocenters. The molecule has 2 N–H and O–H groups in total. The lowest BCUT2D eigenvalue weighted by Crippen LogP contribution is -2.45. The molecule has 1 aromatic heterocycles. The van der Waals surface area contributed by atoms with Gasteiger partial charge in [-0.3, -0.25) is 0 Å². The van der Waals surface area contributed by atoms with E-state index in [1.807, 2.05) is 38.1 Å². The third-order valence-corrected chi connectivity index (χ3v) is 5.95. The van der Waals surface area contributed by atoms with Crippen molar-refractivity contribution < 1.29 is 18.7 Å². The number of anilines is 3. The van der Waals surface area contributed by atoms with Crippen molar-refractivity contribution in [3.8, 4) is 5.75 Å². The molecule has 3 aromatic rings. The van der Waals surface area contributed by atoms with Crippen LogP contribution in [0.25, 0.3) is 0 Å². The summed E-state index contributed by atoms with van der Waals surface area (Å²) in [6.45, 7) is 4.07. The van der Waals surface area contributed by atoms with Crippen LogP contribution in [-0.4, -0.2) is 35.0 Å². The Hall–Kier alpha value is -3.33. The van der Waals surface area contributed by atoms with Crippen molar-refractivity contribution in [2.45, 2.75) is 30.0 Å². The molecule has 0 saturated carbocycles. The maximum absolute atomic E-state index is 13.5. The number of carbonyl (C=O) groups excluding carboxylic acids is 1. The Morgan fingerprint density at radius 2 is 1.82 bits per heavy atom. The molecule has 33 heavy (non-hydrogen) atoms. The number of nitrogens with zero attached hydrogens (tertiary/aromatic N) is 2. The number of hydrogen-bond acceptors (Lipinski definition) is 8. The van der Waals surface area contributed by atoms with Gasteiger partial charge in [0.15, 0.2) is 4.87 Å². The highest BCUT2D eigenvalue weighted by Gasteiger charge is 2.42. The summed E-state index contributed by atoms with van der Waals surface area (Å²) >= 11 is 1.35. The van der Waals surface area contributed by atoms with Crippen LogP contribution in [0.1, 0.15) is 20.3 Å². The standard InChI is InChI=1S/C24H27FN4O3S/c1-16(2)14-24(23(30)32-4,33-20-10-8-19(31-3)9-11-20)29-22-13-21(26-15-27-22)28-18-7-5-6-17(25)12-18/h5-13,15-16H,14H2,1-4H3,(H2,26,27,28,29). The van der Waals surface area contributed by atoms with Crippen LogP contribution < -0.4 is 15.4 Å². The second kappa shape index (κ2) is 11.0. The van der Waals surface area contributed by atoms with E-state index in [4.69, 9.17) is 9.47 Å². The van der Waals surface area contributed by atoms with Gasteiger partial charge in [-0.2, -0.15) is 0 Å². The molecule has 174 valence electrons. The minimum Gasteiger partial charge on any atom is -0.497 e. The van der Waals surface area contributed by atoms with Crippen LogP contribution in [0.3, 0.4) is 0 Å². The molecule has 0 radical (unpaired) electrons. The molecule has 0 aliphatic rings. The number of halogens is 1. The summed E-state index contributed by atoms with van der Waals surface area (Å²) < 4.78 is 24.0. The Kier molecular flexibility index (Phi) is 8.11. The molecular weight excluding hydrogens is 443 g/mol. The molecule has 1 atom stereocenters. The van der Waals surface area contributed by atoms with Gasteiger partial charge in [-0.25, -0.2) is 19.2 Å². The van der Waals surface area contributed by atoms with Crippen molar-refractivity contribution in [3.05, 3.63) is 66.7 Å². The van der Waals surface area contributed by atoms with E-state index in [1.165, 1.54) is 37.3 Å². The molecule has 2 aromatic carbocycles. The van der Waals surface area contributed by atoms with Gasteiger partial charge in [0.25, 0.3) is 0 Å². The smallest absolute Gasteiger partial charge is 0.342 e. The first kappa shape index (κ1) is 24.3. The van der Waals surface area contributed by atoms with Gasteiger partial charge in [0.1, 0.15) is 29.5 Å². The van der Waals surface area contributed by atoms with Gasteiger partial charge >= 0.3 is 5.97 Å². The maximum Gasteiger partial charge on any atom is 0.342 e. The SMILES string of the molecule is COC(=O)C(CC(C)C)(Nc1cc(Nc2cccc(F)c2)ncn1)Sc1ccc(OC)cc1. The first-order valence-corrected chi connectivity index (χ1v) is 11.2. The van der Waals surface area contributed by atoms with Crippen molar-refractivity contribution in [1.82, 2.24) is 9.97 Å². The quantitative estimate of drug-likeness (QED) is 0.229. The summed E-state index contributed by atoms with van der Waals surface area (Å²) in [7, 11) is 2.97. The summed E-state index contributed by atoms with van der Waals surface area (Å²) in [6.07, 6.45) is 1.85. The Bertz CT molecular complexity index is 1080. The van der Waals surface area contributed by atoms with Crippen LogP contribution in [0.5, 0.6) is 5.75 Å². The Labute approximate surface area is 197 Å². The Morgan fingerprint density at radius 1 is 1.09 bits per heavy atom. The largest absolute Gasteiger partial charge is 0.497 e. The van der Waals surface area contributed by atoms with E-state index in [0.717, 1.165) is 10.6 Å². The summed E-state index contributed by atoms with van der Waals surface area (Å²) in [5.74, 6) is 1.00. The van der Waals surface area contributed by atoms with Crippen LogP contribution in [0.2, 0.25) is 0 Å². The highest BCUT2D eigenvalue weighted by atomic mass is 32.2. The van der Waals surface area contributed by atoms with E-state index in [2.05, 4.69) is 20.6 Å². The minimum atomic E-state index is -1.14. The topological polar surface area (TPSA) is 85.4 Å². The highest BCUT2D eigenvalue weighted by Crippen LogP contribution is 2.40. The summed E-state index contributed by atoms with van der Waals surface area (Å²) in [5, 5.41) is 6.33. The molecule has 3 rings (SSSR count). The second-order valence-corrected chi connectivity index (χ2v) is 9.12. The van der Waals surface area contributed by atoms with Crippen LogP contribution >= 0.6 is 11.8 Å². The van der Waals surface area contributed by atoms with Gasteiger partial charge in [-0.15, -0.1) is 0 Å². The van der Waals surface area contributed by atoms with E-state index in [-0.39, 0.29) is 11.7 Å². The molecule has 7 nitrogen and oxygen atoms in total. The number of benzene rings is 2. The van der Waals surface area contributed by atoms with Gasteiger partial charge in [0, 0.05) is 16.6 Å². The zero-order chi connectivity index (χ0) is 23.8. The molecule has 1 heterocycles. The first-order chi connectivity index (χ1) is 15.8. The van der Waals surface area contributed by atoms with E-state index in [1.54, 1.807) is 25.3 Å². The lowest BCUT2D eigenvalue weighted by Gasteiger charge is -2.33. The molecule has 0 saturated heterocycles. The summed E-state index contributed by atoms with van der Waals surface area (Å²) in [4.78, 5) is 21.3. The van der Waals surface area contributed by atoms with Crippen LogP contribution in [0.4, 0.5) is 21.7 Å². The van der Waals surface area contributed by atoms with E-state index in [9.17, 15) is 9.18 Å². The van der Waals surface area contributed by atoms with Gasteiger partial charge < -0.3 is 20.1 Å². The average Bonchev–Trinajstić information content (AvgIpc) is 2.78. The predicted molar refractivity (Wildman–Crippen MR) is 128 cm³/mol. The Balaban J connectivity index is 1.92. The zero-order valence-electron chi connectivity index (χ0n) is 19.0. The van der Waals surface area contributed by atoms with E-state index >= 15 is 0 Å². The van der Waals surface area contributed by atoms with Gasteiger partial charge in [0.05, 0.1) is 14.2 Å². The molecule has 0 bridgehead atoms. The third kappa shape index (κ3) is 6.58. The van der Waals surface area contributed by atoms with Crippen LogP contribution in [0, 0.1) is 11.7 Å². The molecule has 9 heteroatoms. The lowest BCUT2D eigenvalue weighted by atomic mass is 10.0. The van der Waals surface area contributed by atoms with Crippen LogP contribution in [0.15, 0.2) is 65.8 Å². The normalized spacial score (nSPS) is 12.7. The number of aromatic nitrogens is 2.